The summed E-state index contributed by atoms with van der Waals surface area (Å²) >= 11 is 0. The molecule has 0 amide bonds. The van der Waals surface area contributed by atoms with Crippen molar-refractivity contribution in [3.05, 3.63) is 0 Å². The lowest BCUT2D eigenvalue weighted by atomic mass is 10.0. The van der Waals surface area contributed by atoms with Crippen molar-refractivity contribution >= 4 is 0 Å². The number of nitriles is 1. The minimum absolute atomic E-state index is 0.658. The Morgan fingerprint density at radius 2 is 1.93 bits per heavy atom. The Bertz CT molecular complexity index is 219. The van der Waals surface area contributed by atoms with E-state index < -0.39 is 5.54 Å². The van der Waals surface area contributed by atoms with Crippen LogP contribution in [0.2, 0.25) is 0 Å². The van der Waals surface area contributed by atoms with E-state index in [1.54, 1.807) is 6.92 Å². The molecule has 3 heteroatoms. The van der Waals surface area contributed by atoms with Crippen molar-refractivity contribution in [3.63, 3.8) is 0 Å². The molecule has 1 fully saturated rings. The third kappa shape index (κ3) is 2.97. The Hall–Kier alpha value is -0.590. The van der Waals surface area contributed by atoms with E-state index in [1.165, 1.54) is 0 Å². The summed E-state index contributed by atoms with van der Waals surface area (Å²) in [6.45, 7) is 9.64. The van der Waals surface area contributed by atoms with Crippen LogP contribution in [0.1, 0.15) is 27.2 Å². The molecule has 3 unspecified atom stereocenters. The second-order valence-electron chi connectivity index (χ2n) is 4.99. The number of hydrogen-bond donors (Lipinski definition) is 1. The summed E-state index contributed by atoms with van der Waals surface area (Å²) in [6, 6.07) is 2.14. The van der Waals surface area contributed by atoms with E-state index in [0.717, 1.165) is 37.9 Å². The zero-order valence-electron chi connectivity index (χ0n) is 9.45. The normalized spacial score (nSPS) is 32.5. The van der Waals surface area contributed by atoms with Crippen molar-refractivity contribution in [2.24, 2.45) is 17.6 Å². The monoisotopic (exact) mass is 195 g/mol. The predicted octanol–water partition coefficient (Wildman–Crippen LogP) is 1.21. The van der Waals surface area contributed by atoms with Crippen molar-refractivity contribution in [1.29, 1.82) is 5.26 Å². The van der Waals surface area contributed by atoms with Crippen LogP contribution in [-0.2, 0) is 0 Å². The molecule has 1 saturated heterocycles. The van der Waals surface area contributed by atoms with Gasteiger partial charge in [0.2, 0.25) is 0 Å². The average molecular weight is 195 g/mol. The zero-order chi connectivity index (χ0) is 10.8. The van der Waals surface area contributed by atoms with E-state index in [-0.39, 0.29) is 0 Å². The van der Waals surface area contributed by atoms with Crippen molar-refractivity contribution < 1.29 is 0 Å². The van der Waals surface area contributed by atoms with E-state index in [1.807, 2.05) is 0 Å². The summed E-state index contributed by atoms with van der Waals surface area (Å²) in [5.41, 5.74) is 5.12. The summed E-state index contributed by atoms with van der Waals surface area (Å²) in [4.78, 5) is 2.41. The first-order valence-corrected chi connectivity index (χ1v) is 5.37. The van der Waals surface area contributed by atoms with Crippen molar-refractivity contribution in [1.82, 2.24) is 4.90 Å². The molecule has 14 heavy (non-hydrogen) atoms. The minimum atomic E-state index is -0.658. The molecule has 1 aliphatic rings. The lowest BCUT2D eigenvalue weighted by Crippen LogP contribution is -2.38. The Kier molecular flexibility index (Phi) is 3.52. The van der Waals surface area contributed by atoms with Crippen LogP contribution in [-0.4, -0.2) is 30.1 Å². The first-order valence-electron chi connectivity index (χ1n) is 5.37. The Labute approximate surface area is 86.9 Å². The van der Waals surface area contributed by atoms with Gasteiger partial charge in [-0.2, -0.15) is 5.26 Å². The van der Waals surface area contributed by atoms with Gasteiger partial charge in [-0.25, -0.2) is 0 Å². The summed E-state index contributed by atoms with van der Waals surface area (Å²) < 4.78 is 0. The first kappa shape index (κ1) is 11.5. The molecule has 1 aliphatic heterocycles. The van der Waals surface area contributed by atoms with Crippen molar-refractivity contribution in [2.75, 3.05) is 19.6 Å². The maximum atomic E-state index is 8.78. The predicted molar refractivity (Wildman–Crippen MR) is 57.6 cm³/mol. The number of rotatable bonds is 3. The third-order valence-corrected chi connectivity index (χ3v) is 3.27. The van der Waals surface area contributed by atoms with Crippen LogP contribution in [0.4, 0.5) is 0 Å². The van der Waals surface area contributed by atoms with Gasteiger partial charge < -0.3 is 10.6 Å². The van der Waals surface area contributed by atoms with Gasteiger partial charge in [0, 0.05) is 19.6 Å². The number of hydrogen-bond acceptors (Lipinski definition) is 3. The number of nitrogens with two attached hydrogens (primary N) is 1. The highest BCUT2D eigenvalue weighted by Gasteiger charge is 2.27. The van der Waals surface area contributed by atoms with Crippen LogP contribution in [0.3, 0.4) is 0 Å². The second-order valence-corrected chi connectivity index (χ2v) is 4.99. The lowest BCUT2D eigenvalue weighted by Gasteiger charge is -2.20. The van der Waals surface area contributed by atoms with Gasteiger partial charge in [0.05, 0.1) is 6.07 Å². The Balaban J connectivity index is 2.31. The molecular formula is C11H21N3. The highest BCUT2D eigenvalue weighted by Crippen LogP contribution is 2.22. The van der Waals surface area contributed by atoms with Crippen LogP contribution in [0, 0.1) is 23.2 Å². The number of nitrogens with zero attached hydrogens (tertiary/aromatic N) is 2. The van der Waals surface area contributed by atoms with Crippen LogP contribution >= 0.6 is 0 Å². The van der Waals surface area contributed by atoms with Gasteiger partial charge in [-0.05, 0) is 25.2 Å². The highest BCUT2D eigenvalue weighted by atomic mass is 15.1. The molecular weight excluding hydrogens is 174 g/mol. The fourth-order valence-corrected chi connectivity index (χ4v) is 1.88. The second kappa shape index (κ2) is 4.29. The largest absolute Gasteiger partial charge is 0.314 e. The smallest absolute Gasteiger partial charge is 0.102 e. The fraction of sp³-hybridized carbons (Fsp3) is 0.909. The van der Waals surface area contributed by atoms with Gasteiger partial charge >= 0.3 is 0 Å². The van der Waals surface area contributed by atoms with E-state index in [4.69, 9.17) is 11.0 Å². The zero-order valence-corrected chi connectivity index (χ0v) is 9.45. The molecule has 1 heterocycles. The van der Waals surface area contributed by atoms with Gasteiger partial charge in [0.25, 0.3) is 0 Å². The third-order valence-electron chi connectivity index (χ3n) is 3.27. The van der Waals surface area contributed by atoms with Crippen molar-refractivity contribution in [2.45, 2.75) is 32.7 Å². The molecule has 3 atom stereocenters. The molecule has 0 saturated carbocycles. The summed E-state index contributed by atoms with van der Waals surface area (Å²) in [5, 5.41) is 8.78. The molecule has 0 aromatic carbocycles. The van der Waals surface area contributed by atoms with Crippen LogP contribution in [0.15, 0.2) is 0 Å². The van der Waals surface area contributed by atoms with E-state index in [2.05, 4.69) is 24.8 Å². The Morgan fingerprint density at radius 1 is 1.43 bits per heavy atom. The molecule has 0 aliphatic carbocycles. The molecule has 80 valence electrons. The summed E-state index contributed by atoms with van der Waals surface area (Å²) in [5.74, 6) is 1.56. The number of likely N-dealkylation sites (tertiary alicyclic amines) is 1. The molecule has 0 radical (unpaired) electrons. The van der Waals surface area contributed by atoms with E-state index >= 15 is 0 Å². The van der Waals surface area contributed by atoms with Gasteiger partial charge in [0.15, 0.2) is 0 Å². The van der Waals surface area contributed by atoms with Crippen LogP contribution < -0.4 is 5.73 Å². The van der Waals surface area contributed by atoms with Crippen LogP contribution in [0.5, 0.6) is 0 Å². The highest BCUT2D eigenvalue weighted by molar-refractivity contribution is 5.01. The minimum Gasteiger partial charge on any atom is -0.314 e. The summed E-state index contributed by atoms with van der Waals surface area (Å²) in [7, 11) is 0. The summed E-state index contributed by atoms with van der Waals surface area (Å²) in [6.07, 6.45) is 0.767. The molecule has 1 rings (SSSR count). The molecule has 0 aromatic heterocycles. The SMILES string of the molecule is CC1CN(CCC(C)(N)C#N)CC1C. The molecule has 0 bridgehead atoms. The van der Waals surface area contributed by atoms with E-state index in [9.17, 15) is 0 Å². The quantitative estimate of drug-likeness (QED) is 0.736. The van der Waals surface area contributed by atoms with Crippen molar-refractivity contribution in [3.8, 4) is 6.07 Å². The van der Waals surface area contributed by atoms with E-state index in [0.29, 0.717) is 0 Å². The molecule has 0 spiro atoms. The van der Waals surface area contributed by atoms with Gasteiger partial charge in [0.1, 0.15) is 5.54 Å². The molecule has 2 N–H and O–H groups in total. The van der Waals surface area contributed by atoms with Gasteiger partial charge in [-0.15, -0.1) is 0 Å². The lowest BCUT2D eigenvalue weighted by molar-refractivity contribution is 0.298. The van der Waals surface area contributed by atoms with Gasteiger partial charge in [-0.3, -0.25) is 0 Å². The average Bonchev–Trinajstić information content (AvgIpc) is 2.44. The van der Waals surface area contributed by atoms with Crippen LogP contribution in [0.25, 0.3) is 0 Å². The standard InChI is InChI=1S/C11H21N3/c1-9-6-14(7-10(9)2)5-4-11(3,13)8-12/h9-10H,4-7,13H2,1-3H3. The fourth-order valence-electron chi connectivity index (χ4n) is 1.88. The molecule has 3 nitrogen and oxygen atoms in total. The maximum Gasteiger partial charge on any atom is 0.102 e. The maximum absolute atomic E-state index is 8.78. The molecule has 0 aromatic rings. The first-order chi connectivity index (χ1) is 6.44. The topological polar surface area (TPSA) is 53.0 Å². The Morgan fingerprint density at radius 3 is 2.36 bits per heavy atom. The van der Waals surface area contributed by atoms with Gasteiger partial charge in [-0.1, -0.05) is 13.8 Å².